The zero-order chi connectivity index (χ0) is 11.9. The molecule has 0 heterocycles. The Balaban J connectivity index is 2.28. The van der Waals surface area contributed by atoms with Gasteiger partial charge in [0.25, 0.3) is 0 Å². The van der Waals surface area contributed by atoms with E-state index in [1.807, 2.05) is 0 Å². The Morgan fingerprint density at radius 1 is 1.31 bits per heavy atom. The molecule has 0 radical (unpaired) electrons. The van der Waals surface area contributed by atoms with Crippen LogP contribution in [0.15, 0.2) is 29.2 Å². The lowest BCUT2D eigenvalue weighted by Gasteiger charge is -2.02. The van der Waals surface area contributed by atoms with E-state index in [0.717, 1.165) is 0 Å². The number of sulfone groups is 1. The Morgan fingerprint density at radius 3 is 2.31 bits per heavy atom. The van der Waals surface area contributed by atoms with Crippen molar-refractivity contribution < 1.29 is 18.3 Å². The molecule has 0 spiro atoms. The third kappa shape index (κ3) is 1.92. The van der Waals surface area contributed by atoms with Gasteiger partial charge in [-0.25, -0.2) is 8.42 Å². The monoisotopic (exact) mass is 260 g/mol. The Hall–Kier alpha value is -1.07. The molecule has 0 unspecified atom stereocenters. The molecule has 1 aliphatic rings. The molecule has 0 aliphatic heterocycles. The van der Waals surface area contributed by atoms with Crippen molar-refractivity contribution >= 4 is 27.4 Å². The van der Waals surface area contributed by atoms with Gasteiger partial charge in [-0.3, -0.25) is 4.79 Å². The molecule has 6 heteroatoms. The molecule has 86 valence electrons. The van der Waals surface area contributed by atoms with Gasteiger partial charge >= 0.3 is 5.97 Å². The van der Waals surface area contributed by atoms with Crippen molar-refractivity contribution in [3.63, 3.8) is 0 Å². The van der Waals surface area contributed by atoms with Gasteiger partial charge in [-0.05, 0) is 30.7 Å². The van der Waals surface area contributed by atoms with E-state index in [0.29, 0.717) is 5.02 Å². The summed E-state index contributed by atoms with van der Waals surface area (Å²) in [5.41, 5.74) is 0. The van der Waals surface area contributed by atoms with E-state index in [1.165, 1.54) is 24.3 Å². The lowest BCUT2D eigenvalue weighted by atomic mass is 10.4. The number of carbonyl (C=O) groups is 1. The van der Waals surface area contributed by atoms with Crippen molar-refractivity contribution in [2.45, 2.75) is 16.6 Å². The number of carboxylic acid groups (broad SMARTS) is 1. The number of rotatable bonds is 3. The molecular formula is C10H9ClO4S. The second-order valence-electron chi connectivity index (χ2n) is 3.72. The van der Waals surface area contributed by atoms with Crippen LogP contribution in [0.2, 0.25) is 5.02 Å². The van der Waals surface area contributed by atoms with E-state index >= 15 is 0 Å². The average molecular weight is 261 g/mol. The number of aliphatic carboxylic acids is 1. The molecule has 1 aliphatic carbocycles. The van der Waals surface area contributed by atoms with Gasteiger partial charge in [-0.1, -0.05) is 11.6 Å². The molecule has 1 aromatic rings. The summed E-state index contributed by atoms with van der Waals surface area (Å²) < 4.78 is 23.8. The van der Waals surface area contributed by atoms with Crippen molar-refractivity contribution in [2.24, 2.45) is 5.92 Å². The minimum Gasteiger partial charge on any atom is -0.481 e. The fraction of sp³-hybridized carbons (Fsp3) is 0.300. The van der Waals surface area contributed by atoms with E-state index in [1.54, 1.807) is 0 Å². The maximum atomic E-state index is 11.9. The third-order valence-electron chi connectivity index (χ3n) is 2.59. The first-order valence-corrected chi connectivity index (χ1v) is 6.57. The van der Waals surface area contributed by atoms with E-state index in [9.17, 15) is 13.2 Å². The van der Waals surface area contributed by atoms with Crippen LogP contribution in [0, 0.1) is 5.92 Å². The predicted molar refractivity (Wildman–Crippen MR) is 58.2 cm³/mol. The first-order valence-electron chi connectivity index (χ1n) is 4.65. The molecular weight excluding hydrogens is 252 g/mol. The van der Waals surface area contributed by atoms with Crippen LogP contribution < -0.4 is 0 Å². The van der Waals surface area contributed by atoms with Crippen molar-refractivity contribution in [2.75, 3.05) is 0 Å². The largest absolute Gasteiger partial charge is 0.481 e. The lowest BCUT2D eigenvalue weighted by Crippen LogP contribution is -2.13. The van der Waals surface area contributed by atoms with Gasteiger partial charge < -0.3 is 5.11 Å². The molecule has 0 saturated heterocycles. The second kappa shape index (κ2) is 3.75. The number of halogens is 1. The van der Waals surface area contributed by atoms with Crippen LogP contribution in [0.5, 0.6) is 0 Å². The number of hydrogen-bond donors (Lipinski definition) is 1. The Kier molecular flexibility index (Phi) is 2.67. The van der Waals surface area contributed by atoms with Crippen LogP contribution >= 0.6 is 11.6 Å². The summed E-state index contributed by atoms with van der Waals surface area (Å²) in [7, 11) is -3.52. The van der Waals surface area contributed by atoms with Crippen molar-refractivity contribution in [1.29, 1.82) is 0 Å². The van der Waals surface area contributed by atoms with Gasteiger partial charge in [0, 0.05) is 5.02 Å². The molecule has 0 amide bonds. The van der Waals surface area contributed by atoms with E-state index in [-0.39, 0.29) is 11.3 Å². The van der Waals surface area contributed by atoms with Crippen LogP contribution in [0.1, 0.15) is 6.42 Å². The van der Waals surface area contributed by atoms with E-state index in [4.69, 9.17) is 16.7 Å². The van der Waals surface area contributed by atoms with Crippen LogP contribution in [0.3, 0.4) is 0 Å². The number of carboxylic acids is 1. The number of hydrogen-bond acceptors (Lipinski definition) is 3. The smallest absolute Gasteiger partial charge is 0.307 e. The van der Waals surface area contributed by atoms with E-state index in [2.05, 4.69) is 0 Å². The summed E-state index contributed by atoms with van der Waals surface area (Å²) in [5, 5.41) is 8.36. The van der Waals surface area contributed by atoms with Crippen molar-refractivity contribution in [1.82, 2.24) is 0 Å². The van der Waals surface area contributed by atoms with Crippen LogP contribution in [0.25, 0.3) is 0 Å². The zero-order valence-corrected chi connectivity index (χ0v) is 9.70. The first kappa shape index (κ1) is 11.4. The molecule has 1 fully saturated rings. The van der Waals surface area contributed by atoms with E-state index < -0.39 is 27.0 Å². The SMILES string of the molecule is O=C(O)[C@H]1C[C@@H]1S(=O)(=O)c1ccc(Cl)cc1. The third-order valence-corrected chi connectivity index (χ3v) is 5.09. The van der Waals surface area contributed by atoms with Gasteiger partial charge in [-0.2, -0.15) is 0 Å². The molecule has 0 bridgehead atoms. The normalized spacial score (nSPS) is 24.1. The summed E-state index contributed by atoms with van der Waals surface area (Å²) in [6.45, 7) is 0. The molecule has 1 saturated carbocycles. The fourth-order valence-electron chi connectivity index (χ4n) is 1.57. The highest BCUT2D eigenvalue weighted by molar-refractivity contribution is 7.92. The van der Waals surface area contributed by atoms with Crippen molar-refractivity contribution in [3.8, 4) is 0 Å². The minimum absolute atomic E-state index is 0.130. The van der Waals surface area contributed by atoms with Gasteiger partial charge in [0.05, 0.1) is 16.1 Å². The fourth-order valence-corrected chi connectivity index (χ4v) is 3.57. The maximum Gasteiger partial charge on any atom is 0.307 e. The first-order chi connectivity index (χ1) is 7.43. The highest BCUT2D eigenvalue weighted by Crippen LogP contribution is 2.40. The molecule has 16 heavy (non-hydrogen) atoms. The Bertz CT molecular complexity index is 520. The average Bonchev–Trinajstić information content (AvgIpc) is 2.98. The topological polar surface area (TPSA) is 71.4 Å². The summed E-state index contributed by atoms with van der Waals surface area (Å²) in [6.07, 6.45) is 0.195. The summed E-state index contributed by atoms with van der Waals surface area (Å²) in [4.78, 5) is 10.7. The maximum absolute atomic E-state index is 11.9. The van der Waals surface area contributed by atoms with Gasteiger partial charge in [0.1, 0.15) is 0 Å². The lowest BCUT2D eigenvalue weighted by molar-refractivity contribution is -0.138. The highest BCUT2D eigenvalue weighted by atomic mass is 35.5. The highest BCUT2D eigenvalue weighted by Gasteiger charge is 2.52. The molecule has 4 nitrogen and oxygen atoms in total. The Morgan fingerprint density at radius 2 is 1.88 bits per heavy atom. The molecule has 1 N–H and O–H groups in total. The van der Waals surface area contributed by atoms with Crippen LogP contribution in [0.4, 0.5) is 0 Å². The van der Waals surface area contributed by atoms with Crippen molar-refractivity contribution in [3.05, 3.63) is 29.3 Å². The van der Waals surface area contributed by atoms with Crippen LogP contribution in [-0.4, -0.2) is 24.7 Å². The minimum atomic E-state index is -3.52. The van der Waals surface area contributed by atoms with Crippen LogP contribution in [-0.2, 0) is 14.6 Å². The van der Waals surface area contributed by atoms with Gasteiger partial charge in [0.15, 0.2) is 9.84 Å². The molecule has 2 atom stereocenters. The molecule has 0 aromatic heterocycles. The number of benzene rings is 1. The standard InChI is InChI=1S/C10H9ClO4S/c11-6-1-3-7(4-2-6)16(14,15)9-5-8(9)10(12)13/h1-4,8-9H,5H2,(H,12,13)/t8-,9-/m0/s1. The summed E-state index contributed by atoms with van der Waals surface area (Å²) in [6, 6.07) is 5.75. The quantitative estimate of drug-likeness (QED) is 0.896. The Labute approximate surface area is 97.8 Å². The van der Waals surface area contributed by atoms with Gasteiger partial charge in [-0.15, -0.1) is 0 Å². The predicted octanol–water partition coefficient (Wildman–Crippen LogP) is 1.59. The summed E-state index contributed by atoms with van der Waals surface area (Å²) >= 11 is 5.65. The summed E-state index contributed by atoms with van der Waals surface area (Å²) in [5.74, 6) is -1.82. The van der Waals surface area contributed by atoms with Gasteiger partial charge in [0.2, 0.25) is 0 Å². The molecule has 1 aromatic carbocycles. The molecule has 2 rings (SSSR count). The second-order valence-corrected chi connectivity index (χ2v) is 6.32. The zero-order valence-electron chi connectivity index (χ0n) is 8.13.